The second kappa shape index (κ2) is 7.06. The molecule has 1 fully saturated rings. The van der Waals surface area contributed by atoms with Gasteiger partial charge in [0.1, 0.15) is 0 Å². The minimum atomic E-state index is 0.103. The summed E-state index contributed by atoms with van der Waals surface area (Å²) in [6.45, 7) is 2.45. The molecule has 1 amide bonds. The zero-order valence-electron chi connectivity index (χ0n) is 11.3. The molecule has 2 N–H and O–H groups in total. The van der Waals surface area contributed by atoms with Gasteiger partial charge in [-0.1, -0.05) is 47.0 Å². The minimum Gasteiger partial charge on any atom is -0.352 e. The van der Waals surface area contributed by atoms with Crippen LogP contribution < -0.4 is 10.6 Å². The van der Waals surface area contributed by atoms with E-state index in [0.29, 0.717) is 12.6 Å². The highest BCUT2D eigenvalue weighted by Gasteiger charge is 2.17. The summed E-state index contributed by atoms with van der Waals surface area (Å²) >= 11 is 3.53. The van der Waals surface area contributed by atoms with E-state index in [2.05, 4.69) is 39.6 Å². The third kappa shape index (κ3) is 4.32. The molecule has 1 atom stereocenters. The topological polar surface area (TPSA) is 41.1 Å². The van der Waals surface area contributed by atoms with E-state index >= 15 is 0 Å². The van der Waals surface area contributed by atoms with Crippen LogP contribution >= 0.6 is 15.9 Å². The molecule has 0 saturated heterocycles. The number of carbonyl (C=O) groups is 1. The van der Waals surface area contributed by atoms with Gasteiger partial charge in [-0.2, -0.15) is 0 Å². The van der Waals surface area contributed by atoms with Crippen molar-refractivity contribution in [1.29, 1.82) is 0 Å². The first-order valence-electron chi connectivity index (χ1n) is 6.94. The number of amides is 1. The van der Waals surface area contributed by atoms with Gasteiger partial charge < -0.3 is 10.6 Å². The second-order valence-electron chi connectivity index (χ2n) is 5.17. The molecule has 1 aliphatic carbocycles. The van der Waals surface area contributed by atoms with Gasteiger partial charge in [0.25, 0.3) is 0 Å². The van der Waals surface area contributed by atoms with E-state index in [0.717, 1.165) is 17.3 Å². The van der Waals surface area contributed by atoms with E-state index in [1.807, 2.05) is 18.2 Å². The number of benzene rings is 1. The first kappa shape index (κ1) is 14.5. The fourth-order valence-electron chi connectivity index (χ4n) is 2.53. The third-order valence-corrected chi connectivity index (χ3v) is 4.38. The van der Waals surface area contributed by atoms with E-state index in [-0.39, 0.29) is 11.9 Å². The molecule has 104 valence electrons. The lowest BCUT2D eigenvalue weighted by Gasteiger charge is -2.17. The Morgan fingerprint density at radius 3 is 2.74 bits per heavy atom. The molecule has 2 rings (SSSR count). The van der Waals surface area contributed by atoms with Gasteiger partial charge in [0, 0.05) is 16.6 Å². The molecular weight excluding hydrogens is 304 g/mol. The van der Waals surface area contributed by atoms with Crippen LogP contribution in [0.5, 0.6) is 0 Å². The first-order chi connectivity index (χ1) is 9.16. The van der Waals surface area contributed by atoms with E-state index in [4.69, 9.17) is 0 Å². The van der Waals surface area contributed by atoms with Crippen LogP contribution in [0.4, 0.5) is 0 Å². The average molecular weight is 325 g/mol. The smallest absolute Gasteiger partial charge is 0.234 e. The van der Waals surface area contributed by atoms with E-state index in [9.17, 15) is 4.79 Å². The summed E-state index contributed by atoms with van der Waals surface area (Å²) in [7, 11) is 0. The van der Waals surface area contributed by atoms with Crippen LogP contribution in [0.1, 0.15) is 44.2 Å². The van der Waals surface area contributed by atoms with Crippen molar-refractivity contribution in [3.8, 4) is 0 Å². The van der Waals surface area contributed by atoms with E-state index < -0.39 is 0 Å². The Bertz CT molecular complexity index is 430. The lowest BCUT2D eigenvalue weighted by molar-refractivity contribution is -0.121. The summed E-state index contributed by atoms with van der Waals surface area (Å²) in [5, 5.41) is 6.36. The zero-order valence-corrected chi connectivity index (χ0v) is 12.9. The predicted molar refractivity (Wildman–Crippen MR) is 81.0 cm³/mol. The van der Waals surface area contributed by atoms with Crippen molar-refractivity contribution in [2.75, 3.05) is 6.54 Å². The molecule has 0 radical (unpaired) electrons. The van der Waals surface area contributed by atoms with Crippen LogP contribution in [0, 0.1) is 0 Å². The van der Waals surface area contributed by atoms with Crippen molar-refractivity contribution < 1.29 is 4.79 Å². The van der Waals surface area contributed by atoms with Gasteiger partial charge in [-0.05, 0) is 31.4 Å². The fourth-order valence-corrected chi connectivity index (χ4v) is 3.16. The number of hydrogen-bond donors (Lipinski definition) is 2. The third-order valence-electron chi connectivity index (χ3n) is 3.66. The highest BCUT2D eigenvalue weighted by Crippen LogP contribution is 2.22. The maximum atomic E-state index is 11.8. The molecule has 0 spiro atoms. The quantitative estimate of drug-likeness (QED) is 0.873. The average Bonchev–Trinajstić information content (AvgIpc) is 2.89. The number of hydrogen-bond acceptors (Lipinski definition) is 2. The monoisotopic (exact) mass is 324 g/mol. The summed E-state index contributed by atoms with van der Waals surface area (Å²) < 4.78 is 1.08. The van der Waals surface area contributed by atoms with Crippen LogP contribution in [0.2, 0.25) is 0 Å². The van der Waals surface area contributed by atoms with Crippen LogP contribution in [0.3, 0.4) is 0 Å². The number of rotatable bonds is 5. The first-order valence-corrected chi connectivity index (χ1v) is 7.73. The maximum Gasteiger partial charge on any atom is 0.234 e. The van der Waals surface area contributed by atoms with Gasteiger partial charge in [-0.3, -0.25) is 4.79 Å². The van der Waals surface area contributed by atoms with Crippen molar-refractivity contribution in [2.45, 2.75) is 44.7 Å². The van der Waals surface area contributed by atoms with Crippen molar-refractivity contribution >= 4 is 21.8 Å². The standard InChI is InChI=1S/C15H21BrN2O/c1-11(13-8-4-5-9-14(13)16)17-10-15(19)18-12-6-2-3-7-12/h4-5,8-9,11-12,17H,2-3,6-7,10H2,1H3,(H,18,19)/t11-/m0/s1. The van der Waals surface area contributed by atoms with Gasteiger partial charge >= 0.3 is 0 Å². The van der Waals surface area contributed by atoms with Gasteiger partial charge in [0.2, 0.25) is 5.91 Å². The summed E-state index contributed by atoms with van der Waals surface area (Å²) in [5.41, 5.74) is 1.18. The van der Waals surface area contributed by atoms with E-state index in [1.165, 1.54) is 18.4 Å². The normalized spacial score (nSPS) is 17.4. The van der Waals surface area contributed by atoms with Gasteiger partial charge in [0.05, 0.1) is 6.54 Å². The zero-order chi connectivity index (χ0) is 13.7. The largest absolute Gasteiger partial charge is 0.352 e. The van der Waals surface area contributed by atoms with Crippen molar-refractivity contribution in [2.24, 2.45) is 0 Å². The van der Waals surface area contributed by atoms with Crippen LogP contribution in [-0.2, 0) is 4.79 Å². The SMILES string of the molecule is C[C@H](NCC(=O)NC1CCCC1)c1ccccc1Br. The highest BCUT2D eigenvalue weighted by molar-refractivity contribution is 9.10. The number of nitrogens with one attached hydrogen (secondary N) is 2. The predicted octanol–water partition coefficient (Wildman–Crippen LogP) is 3.16. The highest BCUT2D eigenvalue weighted by atomic mass is 79.9. The minimum absolute atomic E-state index is 0.103. The van der Waals surface area contributed by atoms with Gasteiger partial charge in [0.15, 0.2) is 0 Å². The van der Waals surface area contributed by atoms with Gasteiger partial charge in [-0.25, -0.2) is 0 Å². The molecule has 1 aliphatic rings. The Morgan fingerprint density at radius 2 is 2.05 bits per heavy atom. The Balaban J connectivity index is 1.78. The Kier molecular flexibility index (Phi) is 5.40. The van der Waals surface area contributed by atoms with Crippen LogP contribution in [-0.4, -0.2) is 18.5 Å². The molecule has 3 nitrogen and oxygen atoms in total. The Hall–Kier alpha value is -0.870. The second-order valence-corrected chi connectivity index (χ2v) is 6.03. The summed E-state index contributed by atoms with van der Waals surface area (Å²) in [6.07, 6.45) is 4.74. The van der Waals surface area contributed by atoms with E-state index in [1.54, 1.807) is 0 Å². The van der Waals surface area contributed by atoms with Crippen LogP contribution in [0.25, 0.3) is 0 Å². The molecule has 4 heteroatoms. The number of carbonyl (C=O) groups excluding carboxylic acids is 1. The fraction of sp³-hybridized carbons (Fsp3) is 0.533. The molecule has 1 aromatic carbocycles. The Labute approximate surface area is 123 Å². The summed E-state index contributed by atoms with van der Waals surface area (Å²) in [5.74, 6) is 0.103. The molecular formula is C15H21BrN2O. The molecule has 0 unspecified atom stereocenters. The van der Waals surface area contributed by atoms with Crippen molar-refractivity contribution in [1.82, 2.24) is 10.6 Å². The van der Waals surface area contributed by atoms with Gasteiger partial charge in [-0.15, -0.1) is 0 Å². The maximum absolute atomic E-state index is 11.8. The molecule has 1 saturated carbocycles. The lowest BCUT2D eigenvalue weighted by Crippen LogP contribution is -2.39. The summed E-state index contributed by atoms with van der Waals surface area (Å²) in [6, 6.07) is 8.64. The molecule has 19 heavy (non-hydrogen) atoms. The van der Waals surface area contributed by atoms with Crippen molar-refractivity contribution in [3.05, 3.63) is 34.3 Å². The lowest BCUT2D eigenvalue weighted by atomic mass is 10.1. The Morgan fingerprint density at radius 1 is 1.37 bits per heavy atom. The summed E-state index contributed by atoms with van der Waals surface area (Å²) in [4.78, 5) is 11.8. The molecule has 0 heterocycles. The van der Waals surface area contributed by atoms with Crippen LogP contribution in [0.15, 0.2) is 28.7 Å². The molecule has 0 aromatic heterocycles. The van der Waals surface area contributed by atoms with Crippen molar-refractivity contribution in [3.63, 3.8) is 0 Å². The molecule has 0 aliphatic heterocycles. The number of halogens is 1. The molecule has 1 aromatic rings. The molecule has 0 bridgehead atoms.